The van der Waals surface area contributed by atoms with Crippen LogP contribution in [0.3, 0.4) is 0 Å². The van der Waals surface area contributed by atoms with Crippen molar-refractivity contribution >= 4 is 33.0 Å². The molecule has 1 atom stereocenters. The van der Waals surface area contributed by atoms with Gasteiger partial charge in [0.25, 0.3) is 0 Å². The molecule has 0 saturated carbocycles. The van der Waals surface area contributed by atoms with Crippen LogP contribution in [-0.4, -0.2) is 18.3 Å². The van der Waals surface area contributed by atoms with Gasteiger partial charge in [0.15, 0.2) is 0 Å². The second-order valence-corrected chi connectivity index (χ2v) is 5.77. The van der Waals surface area contributed by atoms with Gasteiger partial charge in [-0.1, -0.05) is 36.7 Å². The predicted molar refractivity (Wildman–Crippen MR) is 74.8 cm³/mol. The highest BCUT2D eigenvalue weighted by atomic mass is 35.5. The van der Waals surface area contributed by atoms with Crippen molar-refractivity contribution in [2.75, 3.05) is 13.2 Å². The van der Waals surface area contributed by atoms with E-state index in [0.717, 1.165) is 28.4 Å². The number of benzene rings is 1. The van der Waals surface area contributed by atoms with Crippen LogP contribution in [0.1, 0.15) is 11.8 Å². The molecule has 0 aliphatic heterocycles. The van der Waals surface area contributed by atoms with E-state index in [9.17, 15) is 0 Å². The van der Waals surface area contributed by atoms with Crippen LogP contribution in [0, 0.1) is 5.92 Å². The Kier molecular flexibility index (Phi) is 4.40. The monoisotopic (exact) mass is 269 g/mol. The standard InChI is InChI=1S/C13H16ClNOS/c1-9(8-16)6-15-7-12-13(14)10-4-2-3-5-11(10)17-12/h2-5,9,15-16H,6-8H2,1H3. The van der Waals surface area contributed by atoms with E-state index in [0.29, 0.717) is 0 Å². The average molecular weight is 270 g/mol. The van der Waals surface area contributed by atoms with Gasteiger partial charge in [0.2, 0.25) is 0 Å². The van der Waals surface area contributed by atoms with Gasteiger partial charge in [-0.15, -0.1) is 11.3 Å². The predicted octanol–water partition coefficient (Wildman–Crippen LogP) is 3.27. The average Bonchev–Trinajstić information content (AvgIpc) is 2.67. The summed E-state index contributed by atoms with van der Waals surface area (Å²) >= 11 is 8.05. The third kappa shape index (κ3) is 2.99. The van der Waals surface area contributed by atoms with Crippen LogP contribution < -0.4 is 5.32 Å². The van der Waals surface area contributed by atoms with Gasteiger partial charge in [-0.2, -0.15) is 0 Å². The van der Waals surface area contributed by atoms with Crippen LogP contribution in [0.2, 0.25) is 5.02 Å². The first-order chi connectivity index (χ1) is 8.22. The molecule has 92 valence electrons. The van der Waals surface area contributed by atoms with Crippen LogP contribution in [0.5, 0.6) is 0 Å². The lowest BCUT2D eigenvalue weighted by atomic mass is 10.2. The molecule has 0 radical (unpaired) electrons. The number of aliphatic hydroxyl groups is 1. The largest absolute Gasteiger partial charge is 0.396 e. The number of aliphatic hydroxyl groups excluding tert-OH is 1. The van der Waals surface area contributed by atoms with Crippen molar-refractivity contribution < 1.29 is 5.11 Å². The van der Waals surface area contributed by atoms with Gasteiger partial charge in [-0.3, -0.25) is 0 Å². The fourth-order valence-corrected chi connectivity index (χ4v) is 3.14. The van der Waals surface area contributed by atoms with E-state index in [-0.39, 0.29) is 12.5 Å². The second-order valence-electron chi connectivity index (χ2n) is 4.25. The molecular formula is C13H16ClNOS. The van der Waals surface area contributed by atoms with Crippen LogP contribution >= 0.6 is 22.9 Å². The minimum absolute atomic E-state index is 0.215. The van der Waals surface area contributed by atoms with E-state index in [2.05, 4.69) is 11.4 Å². The molecule has 0 fully saturated rings. The first-order valence-electron chi connectivity index (χ1n) is 5.70. The Labute approximate surface area is 110 Å². The molecule has 0 aliphatic rings. The Balaban J connectivity index is 2.06. The lowest BCUT2D eigenvalue weighted by molar-refractivity contribution is 0.233. The lowest BCUT2D eigenvalue weighted by Crippen LogP contribution is -2.22. The molecule has 2 N–H and O–H groups in total. The highest BCUT2D eigenvalue weighted by Crippen LogP contribution is 2.34. The smallest absolute Gasteiger partial charge is 0.0636 e. The third-order valence-electron chi connectivity index (χ3n) is 2.69. The van der Waals surface area contributed by atoms with E-state index in [1.54, 1.807) is 11.3 Å². The zero-order valence-electron chi connectivity index (χ0n) is 9.74. The van der Waals surface area contributed by atoms with E-state index >= 15 is 0 Å². The van der Waals surface area contributed by atoms with Gasteiger partial charge < -0.3 is 10.4 Å². The Bertz CT molecular complexity index is 497. The van der Waals surface area contributed by atoms with Gasteiger partial charge in [0.05, 0.1) is 5.02 Å². The molecule has 2 rings (SSSR count). The molecule has 0 amide bonds. The number of hydrogen-bond acceptors (Lipinski definition) is 3. The normalized spacial score (nSPS) is 13.1. The minimum atomic E-state index is 0.215. The zero-order valence-corrected chi connectivity index (χ0v) is 11.3. The molecule has 1 heterocycles. The fraction of sp³-hybridized carbons (Fsp3) is 0.385. The third-order valence-corrected chi connectivity index (χ3v) is 4.41. The van der Waals surface area contributed by atoms with Crippen molar-refractivity contribution in [3.8, 4) is 0 Å². The summed E-state index contributed by atoms with van der Waals surface area (Å²) in [6.07, 6.45) is 0. The van der Waals surface area contributed by atoms with Crippen molar-refractivity contribution in [1.82, 2.24) is 5.32 Å². The van der Waals surface area contributed by atoms with Crippen LogP contribution in [0.25, 0.3) is 10.1 Å². The highest BCUT2D eigenvalue weighted by molar-refractivity contribution is 7.19. The summed E-state index contributed by atoms with van der Waals surface area (Å²) < 4.78 is 1.23. The summed E-state index contributed by atoms with van der Waals surface area (Å²) in [5, 5.41) is 14.2. The first kappa shape index (κ1) is 12.8. The zero-order chi connectivity index (χ0) is 12.3. The number of fused-ring (bicyclic) bond motifs is 1. The van der Waals surface area contributed by atoms with Crippen LogP contribution in [0.4, 0.5) is 0 Å². The Hall–Kier alpha value is -0.610. The maximum atomic E-state index is 8.94. The molecule has 0 bridgehead atoms. The molecule has 0 aliphatic carbocycles. The molecule has 4 heteroatoms. The van der Waals surface area contributed by atoms with Crippen molar-refractivity contribution in [2.24, 2.45) is 5.92 Å². The number of thiophene rings is 1. The molecule has 1 unspecified atom stereocenters. The Morgan fingerprint density at radius 1 is 1.41 bits per heavy atom. The van der Waals surface area contributed by atoms with Crippen molar-refractivity contribution in [1.29, 1.82) is 0 Å². The maximum Gasteiger partial charge on any atom is 0.0636 e. The fourth-order valence-electron chi connectivity index (χ4n) is 1.68. The molecule has 0 saturated heterocycles. The SMILES string of the molecule is CC(CO)CNCc1sc2ccccc2c1Cl. The van der Waals surface area contributed by atoms with Crippen molar-refractivity contribution in [3.05, 3.63) is 34.2 Å². The molecule has 1 aromatic carbocycles. The molecule has 0 spiro atoms. The van der Waals surface area contributed by atoms with Crippen LogP contribution in [0.15, 0.2) is 24.3 Å². The second kappa shape index (κ2) is 5.83. The number of nitrogens with one attached hydrogen (secondary N) is 1. The Morgan fingerprint density at radius 2 is 2.18 bits per heavy atom. The summed E-state index contributed by atoms with van der Waals surface area (Å²) in [6.45, 7) is 3.80. The van der Waals surface area contributed by atoms with Gasteiger partial charge in [-0.05, 0) is 12.0 Å². The van der Waals surface area contributed by atoms with Crippen molar-refractivity contribution in [3.63, 3.8) is 0 Å². The van der Waals surface area contributed by atoms with Gasteiger partial charge in [0, 0.05) is 34.7 Å². The van der Waals surface area contributed by atoms with Gasteiger partial charge in [0.1, 0.15) is 0 Å². The van der Waals surface area contributed by atoms with Crippen molar-refractivity contribution in [2.45, 2.75) is 13.5 Å². The topological polar surface area (TPSA) is 32.3 Å². The molecule has 2 aromatic rings. The minimum Gasteiger partial charge on any atom is -0.396 e. The molecule has 1 aromatic heterocycles. The number of halogens is 1. The summed E-state index contributed by atoms with van der Waals surface area (Å²) in [5.41, 5.74) is 0. The van der Waals surface area contributed by atoms with E-state index in [1.165, 1.54) is 4.70 Å². The molecular weight excluding hydrogens is 254 g/mol. The van der Waals surface area contributed by atoms with E-state index in [4.69, 9.17) is 16.7 Å². The lowest BCUT2D eigenvalue weighted by Gasteiger charge is -2.08. The first-order valence-corrected chi connectivity index (χ1v) is 6.89. The summed E-state index contributed by atoms with van der Waals surface area (Å²) in [7, 11) is 0. The van der Waals surface area contributed by atoms with E-state index in [1.807, 2.05) is 25.1 Å². The number of rotatable bonds is 5. The van der Waals surface area contributed by atoms with Gasteiger partial charge >= 0.3 is 0 Å². The molecule has 2 nitrogen and oxygen atoms in total. The summed E-state index contributed by atoms with van der Waals surface area (Å²) in [6, 6.07) is 8.17. The van der Waals surface area contributed by atoms with E-state index < -0.39 is 0 Å². The summed E-state index contributed by atoms with van der Waals surface area (Å²) in [5.74, 6) is 0.281. The van der Waals surface area contributed by atoms with Crippen LogP contribution in [-0.2, 0) is 6.54 Å². The molecule has 17 heavy (non-hydrogen) atoms. The van der Waals surface area contributed by atoms with Gasteiger partial charge in [-0.25, -0.2) is 0 Å². The Morgan fingerprint density at radius 3 is 2.88 bits per heavy atom. The quantitative estimate of drug-likeness (QED) is 0.873. The summed E-state index contributed by atoms with van der Waals surface area (Å²) in [4.78, 5) is 1.16. The number of hydrogen-bond donors (Lipinski definition) is 2. The highest BCUT2D eigenvalue weighted by Gasteiger charge is 2.09. The maximum absolute atomic E-state index is 8.94.